The Balaban J connectivity index is 2.10. The van der Waals surface area contributed by atoms with Gasteiger partial charge < -0.3 is 14.8 Å². The van der Waals surface area contributed by atoms with E-state index in [1.165, 1.54) is 5.56 Å². The summed E-state index contributed by atoms with van der Waals surface area (Å²) >= 11 is 5.00. The van der Waals surface area contributed by atoms with Crippen LogP contribution in [0, 0.1) is 6.92 Å². The number of hydrazine groups is 1. The van der Waals surface area contributed by atoms with Crippen molar-refractivity contribution in [3.05, 3.63) is 59.2 Å². The first-order valence-electron chi connectivity index (χ1n) is 8.14. The fourth-order valence-corrected chi connectivity index (χ4v) is 2.24. The molecule has 0 spiro atoms. The smallest absolute Gasteiger partial charge is 0.223 e. The van der Waals surface area contributed by atoms with Crippen molar-refractivity contribution in [2.45, 2.75) is 20.5 Å². The minimum Gasteiger partial charge on any atom is -0.490 e. The molecule has 0 fully saturated rings. The van der Waals surface area contributed by atoms with Gasteiger partial charge in [0.2, 0.25) is 5.11 Å². The van der Waals surface area contributed by atoms with Gasteiger partial charge in [-0.15, -0.1) is 10.5 Å². The van der Waals surface area contributed by atoms with Gasteiger partial charge in [0.05, 0.1) is 6.61 Å². The summed E-state index contributed by atoms with van der Waals surface area (Å²) in [5.41, 5.74) is 6.15. The predicted molar refractivity (Wildman–Crippen MR) is 104 cm³/mol. The lowest BCUT2D eigenvalue weighted by molar-refractivity contribution is -0.500. The van der Waals surface area contributed by atoms with Gasteiger partial charge in [0.15, 0.2) is 17.7 Å². The Bertz CT molecular complexity index is 747. The maximum atomic E-state index is 5.97. The SMILES string of the molecule is CCOc1cc(C=[NH+]NC(=S)NC)ccc1OCc1ccccc1C. The van der Waals surface area contributed by atoms with E-state index in [0.717, 1.165) is 16.9 Å². The Kier molecular flexibility index (Phi) is 7.22. The average Bonchev–Trinajstić information content (AvgIpc) is 2.62. The van der Waals surface area contributed by atoms with Crippen LogP contribution >= 0.6 is 12.2 Å². The molecule has 0 amide bonds. The lowest BCUT2D eigenvalue weighted by Crippen LogP contribution is -2.82. The van der Waals surface area contributed by atoms with Crippen molar-refractivity contribution in [2.75, 3.05) is 13.7 Å². The lowest BCUT2D eigenvalue weighted by Gasteiger charge is -2.13. The minimum absolute atomic E-state index is 0.506. The molecule has 6 heteroatoms. The molecule has 3 N–H and O–H groups in total. The maximum absolute atomic E-state index is 5.97. The minimum atomic E-state index is 0.506. The third kappa shape index (κ3) is 5.76. The average molecular weight is 358 g/mol. The van der Waals surface area contributed by atoms with E-state index in [0.29, 0.717) is 24.1 Å². The van der Waals surface area contributed by atoms with Crippen LogP contribution in [0.15, 0.2) is 42.5 Å². The van der Waals surface area contributed by atoms with Gasteiger partial charge in [-0.25, -0.2) is 0 Å². The van der Waals surface area contributed by atoms with Crippen LogP contribution in [0.4, 0.5) is 0 Å². The van der Waals surface area contributed by atoms with Crippen molar-refractivity contribution in [2.24, 2.45) is 0 Å². The molecule has 0 saturated heterocycles. The number of hydrogen-bond donors (Lipinski definition) is 3. The summed E-state index contributed by atoms with van der Waals surface area (Å²) in [6.45, 7) is 5.10. The summed E-state index contributed by atoms with van der Waals surface area (Å²) in [6, 6.07) is 14.0. The maximum Gasteiger partial charge on any atom is 0.223 e. The zero-order chi connectivity index (χ0) is 18.1. The molecule has 0 aliphatic carbocycles. The van der Waals surface area contributed by atoms with Crippen molar-refractivity contribution in [1.82, 2.24) is 10.7 Å². The molecule has 132 valence electrons. The molecule has 2 aromatic carbocycles. The highest BCUT2D eigenvalue weighted by Gasteiger charge is 2.08. The lowest BCUT2D eigenvalue weighted by atomic mass is 10.1. The number of nitrogens with one attached hydrogen (secondary N) is 3. The van der Waals surface area contributed by atoms with Gasteiger partial charge in [-0.1, -0.05) is 24.3 Å². The van der Waals surface area contributed by atoms with E-state index in [9.17, 15) is 0 Å². The van der Waals surface area contributed by atoms with Crippen LogP contribution in [-0.2, 0) is 6.61 Å². The zero-order valence-corrected chi connectivity index (χ0v) is 15.6. The van der Waals surface area contributed by atoms with Crippen LogP contribution in [0.1, 0.15) is 23.6 Å². The Morgan fingerprint density at radius 3 is 2.68 bits per heavy atom. The molecular formula is C19H24N3O2S+. The first kappa shape index (κ1) is 18.7. The third-order valence-electron chi connectivity index (χ3n) is 3.56. The van der Waals surface area contributed by atoms with Crippen LogP contribution in [0.25, 0.3) is 0 Å². The first-order valence-corrected chi connectivity index (χ1v) is 8.55. The van der Waals surface area contributed by atoms with Crippen molar-refractivity contribution < 1.29 is 14.6 Å². The molecule has 0 saturated carbocycles. The monoisotopic (exact) mass is 358 g/mol. The molecule has 5 nitrogen and oxygen atoms in total. The van der Waals surface area contributed by atoms with Crippen molar-refractivity contribution in [3.8, 4) is 11.5 Å². The van der Waals surface area contributed by atoms with Crippen molar-refractivity contribution in [1.29, 1.82) is 0 Å². The number of aryl methyl sites for hydroxylation is 1. The van der Waals surface area contributed by atoms with E-state index in [-0.39, 0.29) is 0 Å². The predicted octanol–water partition coefficient (Wildman–Crippen LogP) is 1.48. The van der Waals surface area contributed by atoms with E-state index in [1.807, 2.05) is 37.3 Å². The molecule has 25 heavy (non-hydrogen) atoms. The number of rotatable bonds is 7. The number of hydrogen-bond acceptors (Lipinski definition) is 3. The van der Waals surface area contributed by atoms with Gasteiger partial charge in [-0.3, -0.25) is 0 Å². The fourth-order valence-electron chi connectivity index (χ4n) is 2.18. The van der Waals surface area contributed by atoms with Crippen LogP contribution in [0.3, 0.4) is 0 Å². The molecule has 0 radical (unpaired) electrons. The molecule has 2 rings (SSSR count). The second-order valence-electron chi connectivity index (χ2n) is 5.35. The van der Waals surface area contributed by atoms with Crippen LogP contribution in [0.5, 0.6) is 11.5 Å². The van der Waals surface area contributed by atoms with Crippen molar-refractivity contribution >= 4 is 23.5 Å². The zero-order valence-electron chi connectivity index (χ0n) is 14.8. The van der Waals surface area contributed by atoms with E-state index in [4.69, 9.17) is 21.7 Å². The molecule has 0 unspecified atom stereocenters. The molecular weight excluding hydrogens is 334 g/mol. The number of benzene rings is 2. The normalized spacial score (nSPS) is 10.5. The third-order valence-corrected chi connectivity index (χ3v) is 3.87. The molecule has 0 bridgehead atoms. The summed E-state index contributed by atoms with van der Waals surface area (Å²) < 4.78 is 11.7. The summed E-state index contributed by atoms with van der Waals surface area (Å²) in [5, 5.41) is 6.27. The van der Waals surface area contributed by atoms with Crippen LogP contribution in [0.2, 0.25) is 0 Å². The quantitative estimate of drug-likeness (QED) is 0.398. The number of hydrazone groups is 1. The van der Waals surface area contributed by atoms with E-state index in [1.54, 1.807) is 13.3 Å². The summed E-state index contributed by atoms with van der Waals surface area (Å²) in [6.07, 6.45) is 1.80. The molecule has 2 aromatic rings. The van der Waals surface area contributed by atoms with Crippen molar-refractivity contribution in [3.63, 3.8) is 0 Å². The molecule has 0 aliphatic heterocycles. The standard InChI is InChI=1S/C19H23N3O2S/c1-4-23-18-11-15(12-21-22-19(25)20-3)9-10-17(18)24-13-16-8-6-5-7-14(16)2/h5-12H,4,13H2,1-3H3,(H2,20,22,25)/p+1. The first-order chi connectivity index (χ1) is 12.1. The Hall–Kier alpha value is -2.60. The number of ether oxygens (including phenoxy) is 2. The van der Waals surface area contributed by atoms with Gasteiger partial charge in [0.1, 0.15) is 6.61 Å². The summed E-state index contributed by atoms with van der Waals surface area (Å²) in [7, 11) is 1.75. The highest BCUT2D eigenvalue weighted by atomic mass is 32.1. The summed E-state index contributed by atoms with van der Waals surface area (Å²) in [5.74, 6) is 1.43. The van der Waals surface area contributed by atoms with Gasteiger partial charge >= 0.3 is 0 Å². The Morgan fingerprint density at radius 2 is 1.96 bits per heavy atom. The van der Waals surface area contributed by atoms with Gasteiger partial charge in [-0.2, -0.15) is 0 Å². The van der Waals surface area contributed by atoms with Gasteiger partial charge in [0, 0.05) is 12.6 Å². The summed E-state index contributed by atoms with van der Waals surface area (Å²) in [4.78, 5) is 0. The highest BCUT2D eigenvalue weighted by Crippen LogP contribution is 2.29. The number of thiocarbonyl (C=S) groups is 1. The van der Waals surface area contributed by atoms with Gasteiger partial charge in [0.25, 0.3) is 0 Å². The Morgan fingerprint density at radius 1 is 1.16 bits per heavy atom. The topological polar surface area (TPSA) is 56.5 Å². The van der Waals surface area contributed by atoms with E-state index in [2.05, 4.69) is 34.9 Å². The van der Waals surface area contributed by atoms with E-state index >= 15 is 0 Å². The second kappa shape index (κ2) is 9.64. The van der Waals surface area contributed by atoms with Crippen LogP contribution < -0.4 is 25.3 Å². The fraction of sp³-hybridized carbons (Fsp3) is 0.263. The van der Waals surface area contributed by atoms with Crippen LogP contribution in [-0.4, -0.2) is 25.0 Å². The highest BCUT2D eigenvalue weighted by molar-refractivity contribution is 7.80. The Labute approximate surface area is 154 Å². The molecule has 0 aliphatic rings. The van der Waals surface area contributed by atoms with Gasteiger partial charge in [-0.05, 0) is 55.4 Å². The largest absolute Gasteiger partial charge is 0.490 e. The molecule has 0 atom stereocenters. The molecule has 0 heterocycles. The van der Waals surface area contributed by atoms with E-state index < -0.39 is 0 Å². The molecule has 0 aromatic heterocycles. The second-order valence-corrected chi connectivity index (χ2v) is 5.76.